The van der Waals surface area contributed by atoms with Crippen LogP contribution in [0, 0.1) is 0 Å². The Morgan fingerprint density at radius 1 is 1.41 bits per heavy atom. The summed E-state index contributed by atoms with van der Waals surface area (Å²) in [4.78, 5) is 27.0. The Morgan fingerprint density at radius 3 is 2.91 bits per heavy atom. The maximum atomic E-state index is 11.5. The second-order valence-electron chi connectivity index (χ2n) is 4.66. The van der Waals surface area contributed by atoms with Crippen molar-refractivity contribution in [2.45, 2.75) is 12.5 Å². The largest absolute Gasteiger partial charge is 0.480 e. The highest BCUT2D eigenvalue weighted by molar-refractivity contribution is 5.81. The van der Waals surface area contributed by atoms with Crippen LogP contribution in [0.3, 0.4) is 0 Å². The zero-order chi connectivity index (χ0) is 15.9. The predicted octanol–water partition coefficient (Wildman–Crippen LogP) is 2.14. The lowest BCUT2D eigenvalue weighted by atomic mass is 10.1. The summed E-state index contributed by atoms with van der Waals surface area (Å²) in [5, 5.41) is 12.4. The summed E-state index contributed by atoms with van der Waals surface area (Å²) >= 11 is 0. The van der Waals surface area contributed by atoms with Crippen LogP contribution >= 0.6 is 0 Å². The number of carboxylic acids is 1. The molecule has 1 heterocycles. The number of nitrogens with one attached hydrogen (secondary N) is 1. The van der Waals surface area contributed by atoms with Gasteiger partial charge in [-0.2, -0.15) is 0 Å². The number of hydrogen-bond donors (Lipinski definition) is 2. The van der Waals surface area contributed by atoms with Crippen molar-refractivity contribution in [2.75, 3.05) is 6.61 Å². The van der Waals surface area contributed by atoms with Crippen LogP contribution < -0.4 is 5.32 Å². The molecule has 0 aliphatic rings. The molecule has 2 N–H and O–H groups in total. The van der Waals surface area contributed by atoms with Crippen LogP contribution in [0.25, 0.3) is 10.9 Å². The Bertz CT molecular complexity index is 699. The molecule has 2 aromatic rings. The number of hydrogen-bond acceptors (Lipinski definition) is 4. The van der Waals surface area contributed by atoms with Crippen LogP contribution in [0.1, 0.15) is 5.56 Å². The molecule has 0 aliphatic carbocycles. The lowest BCUT2D eigenvalue weighted by Gasteiger charge is -2.14. The third-order valence-electron chi connectivity index (χ3n) is 3.01. The fourth-order valence-corrected chi connectivity index (χ4v) is 1.98. The number of aromatic nitrogens is 1. The molecule has 0 spiro atoms. The number of carboxylic acid groups (broad SMARTS) is 1. The minimum absolute atomic E-state index is 0.0235. The molecular formula is C16H16N2O4. The molecule has 0 radical (unpaired) electrons. The molecular weight excluding hydrogens is 284 g/mol. The van der Waals surface area contributed by atoms with Crippen molar-refractivity contribution in [3.05, 3.63) is 54.7 Å². The molecule has 1 unspecified atom stereocenters. The van der Waals surface area contributed by atoms with Crippen LogP contribution in [0.2, 0.25) is 0 Å². The maximum Gasteiger partial charge on any atom is 0.408 e. The SMILES string of the molecule is C=CCOC(=O)NC(Cc1cnc2ccccc2c1)C(=O)O. The number of rotatable bonds is 6. The van der Waals surface area contributed by atoms with Gasteiger partial charge < -0.3 is 15.2 Å². The summed E-state index contributed by atoms with van der Waals surface area (Å²) in [5.41, 5.74) is 1.55. The summed E-state index contributed by atoms with van der Waals surface area (Å²) in [6.07, 6.45) is 2.34. The molecule has 1 aromatic carbocycles. The number of amides is 1. The van der Waals surface area contributed by atoms with Crippen LogP contribution in [-0.4, -0.2) is 34.8 Å². The van der Waals surface area contributed by atoms with E-state index >= 15 is 0 Å². The van der Waals surface area contributed by atoms with Gasteiger partial charge in [0.05, 0.1) is 5.52 Å². The number of ether oxygens (including phenoxy) is 1. The van der Waals surface area contributed by atoms with E-state index in [1.807, 2.05) is 30.3 Å². The predicted molar refractivity (Wildman–Crippen MR) is 81.6 cm³/mol. The molecule has 2 rings (SSSR count). The second-order valence-corrected chi connectivity index (χ2v) is 4.66. The Hall–Kier alpha value is -2.89. The molecule has 0 saturated carbocycles. The molecule has 22 heavy (non-hydrogen) atoms. The number of aliphatic carboxylic acids is 1. The van der Waals surface area contributed by atoms with E-state index in [0.717, 1.165) is 16.5 Å². The first kappa shape index (κ1) is 15.5. The monoisotopic (exact) mass is 300 g/mol. The summed E-state index contributed by atoms with van der Waals surface area (Å²) < 4.78 is 4.73. The molecule has 0 aliphatic heterocycles. The average Bonchev–Trinajstić information content (AvgIpc) is 2.52. The van der Waals surface area contributed by atoms with Gasteiger partial charge in [0.25, 0.3) is 0 Å². The van der Waals surface area contributed by atoms with E-state index in [0.29, 0.717) is 0 Å². The van der Waals surface area contributed by atoms with Gasteiger partial charge in [0.1, 0.15) is 12.6 Å². The Labute approximate surface area is 127 Å². The molecule has 0 fully saturated rings. The number of nitrogens with zero attached hydrogens (tertiary/aromatic N) is 1. The summed E-state index contributed by atoms with van der Waals surface area (Å²) in [6, 6.07) is 8.31. The number of alkyl carbamates (subject to hydrolysis) is 1. The van der Waals surface area contributed by atoms with Crippen molar-refractivity contribution >= 4 is 23.0 Å². The minimum atomic E-state index is -1.14. The van der Waals surface area contributed by atoms with Gasteiger partial charge in [-0.3, -0.25) is 4.98 Å². The van der Waals surface area contributed by atoms with Crippen molar-refractivity contribution in [1.82, 2.24) is 10.3 Å². The van der Waals surface area contributed by atoms with Gasteiger partial charge in [-0.15, -0.1) is 0 Å². The Morgan fingerprint density at radius 2 is 2.18 bits per heavy atom. The van der Waals surface area contributed by atoms with Gasteiger partial charge in [-0.05, 0) is 17.7 Å². The van der Waals surface area contributed by atoms with Gasteiger partial charge in [0.2, 0.25) is 0 Å². The highest BCUT2D eigenvalue weighted by atomic mass is 16.5. The smallest absolute Gasteiger partial charge is 0.408 e. The van der Waals surface area contributed by atoms with Crippen LogP contribution in [0.15, 0.2) is 49.2 Å². The van der Waals surface area contributed by atoms with Gasteiger partial charge >= 0.3 is 12.1 Å². The molecule has 1 aromatic heterocycles. The first-order valence-electron chi connectivity index (χ1n) is 6.71. The average molecular weight is 300 g/mol. The third-order valence-corrected chi connectivity index (χ3v) is 3.01. The van der Waals surface area contributed by atoms with Gasteiger partial charge in [0, 0.05) is 18.0 Å². The number of benzene rings is 1. The lowest BCUT2D eigenvalue weighted by Crippen LogP contribution is -2.42. The van der Waals surface area contributed by atoms with Crippen molar-refractivity contribution in [1.29, 1.82) is 0 Å². The van der Waals surface area contributed by atoms with E-state index in [1.165, 1.54) is 6.08 Å². The topological polar surface area (TPSA) is 88.5 Å². The molecule has 1 amide bonds. The molecule has 0 bridgehead atoms. The van der Waals surface area contributed by atoms with Gasteiger partial charge in [0.15, 0.2) is 0 Å². The van der Waals surface area contributed by atoms with Gasteiger partial charge in [-0.1, -0.05) is 30.9 Å². The van der Waals surface area contributed by atoms with E-state index in [1.54, 1.807) is 6.20 Å². The second kappa shape index (κ2) is 7.21. The molecule has 114 valence electrons. The van der Waals surface area contributed by atoms with Crippen molar-refractivity contribution in [3.8, 4) is 0 Å². The van der Waals surface area contributed by atoms with Crippen LogP contribution in [0.4, 0.5) is 4.79 Å². The number of para-hydroxylation sites is 1. The lowest BCUT2D eigenvalue weighted by molar-refractivity contribution is -0.139. The Kier molecular flexibility index (Phi) is 5.08. The number of fused-ring (bicyclic) bond motifs is 1. The molecule has 6 heteroatoms. The van der Waals surface area contributed by atoms with Crippen molar-refractivity contribution < 1.29 is 19.4 Å². The molecule has 1 atom stereocenters. The standard InChI is InChI=1S/C16H16N2O4/c1-2-7-22-16(21)18-14(15(19)20)9-11-8-12-5-3-4-6-13(12)17-10-11/h2-6,8,10,14H,1,7,9H2,(H,18,21)(H,19,20). The van der Waals surface area contributed by atoms with E-state index in [4.69, 9.17) is 4.74 Å². The van der Waals surface area contributed by atoms with Gasteiger partial charge in [-0.25, -0.2) is 9.59 Å². The normalized spacial score (nSPS) is 11.6. The molecule has 0 saturated heterocycles. The van der Waals surface area contributed by atoms with E-state index in [2.05, 4.69) is 16.9 Å². The summed E-state index contributed by atoms with van der Waals surface area (Å²) in [6.45, 7) is 3.44. The van der Waals surface area contributed by atoms with E-state index < -0.39 is 18.1 Å². The third kappa shape index (κ3) is 4.05. The Balaban J connectivity index is 2.10. The number of carbonyl (C=O) groups excluding carboxylic acids is 1. The van der Waals surface area contributed by atoms with Crippen LogP contribution in [-0.2, 0) is 16.0 Å². The highest BCUT2D eigenvalue weighted by Gasteiger charge is 2.21. The number of carbonyl (C=O) groups is 2. The molecule has 6 nitrogen and oxygen atoms in total. The number of pyridine rings is 1. The van der Waals surface area contributed by atoms with E-state index in [-0.39, 0.29) is 13.0 Å². The van der Waals surface area contributed by atoms with Crippen molar-refractivity contribution in [3.63, 3.8) is 0 Å². The first-order chi connectivity index (χ1) is 10.6. The minimum Gasteiger partial charge on any atom is -0.480 e. The summed E-state index contributed by atoms with van der Waals surface area (Å²) in [7, 11) is 0. The van der Waals surface area contributed by atoms with E-state index in [9.17, 15) is 14.7 Å². The van der Waals surface area contributed by atoms with Crippen molar-refractivity contribution in [2.24, 2.45) is 0 Å². The quantitative estimate of drug-likeness (QED) is 0.798. The zero-order valence-electron chi connectivity index (χ0n) is 11.9. The zero-order valence-corrected chi connectivity index (χ0v) is 11.9. The summed E-state index contributed by atoms with van der Waals surface area (Å²) in [5.74, 6) is -1.14. The maximum absolute atomic E-state index is 11.5. The van der Waals surface area contributed by atoms with Crippen LogP contribution in [0.5, 0.6) is 0 Å². The first-order valence-corrected chi connectivity index (χ1v) is 6.71. The highest BCUT2D eigenvalue weighted by Crippen LogP contribution is 2.14. The fraction of sp³-hybridized carbons (Fsp3) is 0.188. The fourth-order valence-electron chi connectivity index (χ4n) is 1.98.